The van der Waals surface area contributed by atoms with Crippen molar-refractivity contribution in [2.45, 2.75) is 52.1 Å². The number of piperidine rings is 1. The monoisotopic (exact) mass is 210 g/mol. The van der Waals surface area contributed by atoms with Crippen LogP contribution in [0, 0.1) is 5.41 Å². The van der Waals surface area contributed by atoms with Gasteiger partial charge in [0.15, 0.2) is 0 Å². The summed E-state index contributed by atoms with van der Waals surface area (Å²) in [6.45, 7) is 13.4. The molecule has 2 rings (SSSR count). The van der Waals surface area contributed by atoms with Gasteiger partial charge in [-0.05, 0) is 59.5 Å². The Hall–Kier alpha value is -0.0800. The summed E-state index contributed by atoms with van der Waals surface area (Å²) >= 11 is 0. The molecule has 0 aromatic rings. The first-order chi connectivity index (χ1) is 6.82. The lowest BCUT2D eigenvalue weighted by Gasteiger charge is -2.57. The fraction of sp³-hybridized carbons (Fsp3) is 1.00. The third kappa shape index (κ3) is 2.07. The summed E-state index contributed by atoms with van der Waals surface area (Å²) in [7, 11) is 2.24. The van der Waals surface area contributed by atoms with Crippen molar-refractivity contribution in [1.29, 1.82) is 0 Å². The fourth-order valence-electron chi connectivity index (χ4n) is 3.80. The lowest BCUT2D eigenvalue weighted by atomic mass is 9.69. The van der Waals surface area contributed by atoms with Gasteiger partial charge in [-0.1, -0.05) is 0 Å². The highest BCUT2D eigenvalue weighted by Gasteiger charge is 2.46. The van der Waals surface area contributed by atoms with Crippen LogP contribution < -0.4 is 0 Å². The van der Waals surface area contributed by atoms with Crippen LogP contribution in [0.4, 0.5) is 0 Å². The van der Waals surface area contributed by atoms with Crippen LogP contribution in [0.2, 0.25) is 0 Å². The van der Waals surface area contributed by atoms with Gasteiger partial charge in [-0.25, -0.2) is 0 Å². The van der Waals surface area contributed by atoms with Crippen molar-refractivity contribution < 1.29 is 0 Å². The van der Waals surface area contributed by atoms with Crippen molar-refractivity contribution in [3.8, 4) is 0 Å². The van der Waals surface area contributed by atoms with E-state index in [4.69, 9.17) is 0 Å². The highest BCUT2D eigenvalue weighted by Crippen LogP contribution is 2.43. The summed E-state index contributed by atoms with van der Waals surface area (Å²) in [5, 5.41) is 0. The summed E-state index contributed by atoms with van der Waals surface area (Å²) in [6.07, 6.45) is 2.80. The van der Waals surface area contributed by atoms with Crippen LogP contribution in [-0.4, -0.2) is 48.1 Å². The third-order valence-electron chi connectivity index (χ3n) is 4.22. The van der Waals surface area contributed by atoms with Crippen LogP contribution in [0.3, 0.4) is 0 Å². The predicted octanol–water partition coefficient (Wildman–Crippen LogP) is 2.20. The zero-order chi connectivity index (χ0) is 11.3. The second-order valence-corrected chi connectivity index (χ2v) is 6.84. The highest BCUT2D eigenvalue weighted by atomic mass is 15.2. The van der Waals surface area contributed by atoms with Crippen LogP contribution in [0.15, 0.2) is 0 Å². The topological polar surface area (TPSA) is 6.48 Å². The lowest BCUT2D eigenvalue weighted by Crippen LogP contribution is -2.63. The molecule has 2 saturated heterocycles. The first-order valence-corrected chi connectivity index (χ1v) is 6.28. The Bertz CT molecular complexity index is 235. The molecule has 0 radical (unpaired) electrons. The van der Waals surface area contributed by atoms with E-state index in [0.717, 1.165) is 6.04 Å². The van der Waals surface area contributed by atoms with Gasteiger partial charge in [0.05, 0.1) is 0 Å². The van der Waals surface area contributed by atoms with Crippen molar-refractivity contribution in [2.75, 3.05) is 26.7 Å². The molecule has 0 aliphatic carbocycles. The molecule has 2 aliphatic heterocycles. The molecule has 0 bridgehead atoms. The molecule has 2 nitrogen and oxygen atoms in total. The molecular weight excluding hydrogens is 184 g/mol. The van der Waals surface area contributed by atoms with E-state index in [1.807, 2.05) is 0 Å². The van der Waals surface area contributed by atoms with Crippen LogP contribution in [0.25, 0.3) is 0 Å². The van der Waals surface area contributed by atoms with Gasteiger partial charge >= 0.3 is 0 Å². The average Bonchev–Trinajstić information content (AvgIpc) is 1.98. The van der Waals surface area contributed by atoms with Gasteiger partial charge in [0.2, 0.25) is 0 Å². The van der Waals surface area contributed by atoms with Gasteiger partial charge in [0.1, 0.15) is 0 Å². The number of likely N-dealkylation sites (tertiary alicyclic amines) is 2. The van der Waals surface area contributed by atoms with Crippen molar-refractivity contribution in [1.82, 2.24) is 9.80 Å². The third-order valence-corrected chi connectivity index (χ3v) is 4.22. The van der Waals surface area contributed by atoms with E-state index in [9.17, 15) is 0 Å². The Labute approximate surface area is 94.6 Å². The Balaban J connectivity index is 1.98. The van der Waals surface area contributed by atoms with E-state index in [1.54, 1.807) is 0 Å². The predicted molar refractivity (Wildman–Crippen MR) is 65.1 cm³/mol. The molecule has 0 N–H and O–H groups in total. The molecule has 1 spiro atoms. The molecule has 2 heteroatoms. The smallest absolute Gasteiger partial charge is 0.0127 e. The molecule has 2 heterocycles. The summed E-state index contributed by atoms with van der Waals surface area (Å²) in [6, 6.07) is 0.757. The zero-order valence-corrected chi connectivity index (χ0v) is 11.0. The van der Waals surface area contributed by atoms with Gasteiger partial charge in [-0.15, -0.1) is 0 Å². The van der Waals surface area contributed by atoms with Gasteiger partial charge in [-0.2, -0.15) is 0 Å². The largest absolute Gasteiger partial charge is 0.305 e. The molecule has 2 fully saturated rings. The zero-order valence-electron chi connectivity index (χ0n) is 11.0. The van der Waals surface area contributed by atoms with E-state index < -0.39 is 0 Å². The van der Waals surface area contributed by atoms with E-state index in [2.05, 4.69) is 44.5 Å². The minimum atomic E-state index is 0.344. The molecule has 0 unspecified atom stereocenters. The standard InChI is InChI=1S/C13H26N2/c1-11-8-13(9-14(5)10-13)6-7-15(11)12(2,3)4/h11H,6-10H2,1-5H3/t11-/m0/s1. The van der Waals surface area contributed by atoms with Crippen molar-refractivity contribution in [3.63, 3.8) is 0 Å². The first-order valence-electron chi connectivity index (χ1n) is 6.28. The minimum Gasteiger partial charge on any atom is -0.305 e. The average molecular weight is 210 g/mol. The van der Waals surface area contributed by atoms with E-state index in [1.165, 1.54) is 32.5 Å². The van der Waals surface area contributed by atoms with Crippen LogP contribution >= 0.6 is 0 Å². The first kappa shape index (κ1) is 11.4. The van der Waals surface area contributed by atoms with E-state index >= 15 is 0 Å². The lowest BCUT2D eigenvalue weighted by molar-refractivity contribution is -0.0736. The van der Waals surface area contributed by atoms with E-state index in [0.29, 0.717) is 11.0 Å². The van der Waals surface area contributed by atoms with Crippen molar-refractivity contribution in [2.24, 2.45) is 5.41 Å². The number of nitrogens with zero attached hydrogens (tertiary/aromatic N) is 2. The number of hydrogen-bond acceptors (Lipinski definition) is 2. The normalized spacial score (nSPS) is 33.0. The molecule has 0 amide bonds. The summed E-state index contributed by atoms with van der Waals surface area (Å²) in [5.41, 5.74) is 1.02. The molecule has 1 atom stereocenters. The maximum Gasteiger partial charge on any atom is 0.0127 e. The van der Waals surface area contributed by atoms with Crippen molar-refractivity contribution >= 4 is 0 Å². The number of hydrogen-bond donors (Lipinski definition) is 0. The quantitative estimate of drug-likeness (QED) is 0.605. The molecule has 0 aromatic carbocycles. The maximum atomic E-state index is 2.68. The maximum absolute atomic E-state index is 2.68. The summed E-state index contributed by atoms with van der Waals surface area (Å²) in [4.78, 5) is 5.13. The van der Waals surface area contributed by atoms with E-state index in [-0.39, 0.29) is 0 Å². The van der Waals surface area contributed by atoms with Crippen LogP contribution in [0.1, 0.15) is 40.5 Å². The second kappa shape index (κ2) is 3.46. The Morgan fingerprint density at radius 1 is 1.20 bits per heavy atom. The molecule has 0 saturated carbocycles. The Morgan fingerprint density at radius 3 is 2.20 bits per heavy atom. The fourth-order valence-corrected chi connectivity index (χ4v) is 3.80. The van der Waals surface area contributed by atoms with Crippen molar-refractivity contribution in [3.05, 3.63) is 0 Å². The Morgan fingerprint density at radius 2 is 1.80 bits per heavy atom. The number of rotatable bonds is 0. The summed E-state index contributed by atoms with van der Waals surface area (Å²) < 4.78 is 0. The van der Waals surface area contributed by atoms with Crippen LogP contribution in [0.5, 0.6) is 0 Å². The molecule has 88 valence electrons. The minimum absolute atomic E-state index is 0.344. The highest BCUT2D eigenvalue weighted by molar-refractivity contribution is 5.01. The molecule has 2 aliphatic rings. The van der Waals surface area contributed by atoms with Gasteiger partial charge in [0.25, 0.3) is 0 Å². The Kier molecular flexibility index (Phi) is 2.63. The van der Waals surface area contributed by atoms with Gasteiger partial charge in [-0.3, -0.25) is 4.90 Å². The molecular formula is C13H26N2. The van der Waals surface area contributed by atoms with Crippen LogP contribution in [-0.2, 0) is 0 Å². The second-order valence-electron chi connectivity index (χ2n) is 6.84. The molecule has 15 heavy (non-hydrogen) atoms. The van der Waals surface area contributed by atoms with Gasteiger partial charge < -0.3 is 4.90 Å². The van der Waals surface area contributed by atoms with Gasteiger partial charge in [0, 0.05) is 24.7 Å². The SMILES string of the molecule is C[C@H]1CC2(CCN1C(C)(C)C)CN(C)C2. The molecule has 0 aromatic heterocycles. The summed E-state index contributed by atoms with van der Waals surface area (Å²) in [5.74, 6) is 0.